The second-order valence-electron chi connectivity index (χ2n) is 9.84. The van der Waals surface area contributed by atoms with Gasteiger partial charge in [-0.1, -0.05) is 38.1 Å². The number of sulfonamides is 1. The van der Waals surface area contributed by atoms with Crippen molar-refractivity contribution in [3.05, 3.63) is 70.9 Å². The van der Waals surface area contributed by atoms with Crippen LogP contribution in [0.5, 0.6) is 0 Å². The van der Waals surface area contributed by atoms with E-state index in [2.05, 4.69) is 0 Å². The number of anilines is 1. The number of carbonyl (C=O) groups excluding carboxylic acids is 2. The predicted octanol–water partition coefficient (Wildman–Crippen LogP) is 4.57. The Morgan fingerprint density at radius 3 is 2.14 bits per heavy atom. The smallest absolute Gasteiger partial charge is 0.294 e. The minimum Gasteiger partial charge on any atom is -0.294 e. The molecule has 1 aliphatic heterocycles. The second kappa shape index (κ2) is 8.03. The molecule has 1 atom stereocenters. The summed E-state index contributed by atoms with van der Waals surface area (Å²) in [6, 6.07) is 11.2. The van der Waals surface area contributed by atoms with E-state index in [9.17, 15) is 31.2 Å². The van der Waals surface area contributed by atoms with Gasteiger partial charge < -0.3 is 0 Å². The zero-order valence-electron chi connectivity index (χ0n) is 19.7. The number of allylic oxidation sites excluding steroid dienone is 1. The normalized spacial score (nSPS) is 22.5. The fourth-order valence-electron chi connectivity index (χ4n) is 4.72. The van der Waals surface area contributed by atoms with Gasteiger partial charge in [-0.25, -0.2) is 8.42 Å². The molecule has 0 saturated heterocycles. The third-order valence-electron chi connectivity index (χ3n) is 6.54. The number of amides is 1. The van der Waals surface area contributed by atoms with E-state index in [4.69, 9.17) is 0 Å². The van der Waals surface area contributed by atoms with E-state index < -0.39 is 49.3 Å². The fourth-order valence-corrected chi connectivity index (χ4v) is 6.06. The number of hydrogen-bond donors (Lipinski definition) is 1. The molecule has 1 heterocycles. The van der Waals surface area contributed by atoms with Gasteiger partial charge in [0.05, 0.1) is 10.5 Å². The molecule has 4 rings (SSSR count). The number of carbonyl (C=O) groups is 2. The number of Topliss-reactive ketones (excluding diaryl/α,β-unsaturated/α-hetero) is 1. The van der Waals surface area contributed by atoms with Crippen molar-refractivity contribution in [2.45, 2.75) is 57.1 Å². The summed E-state index contributed by atoms with van der Waals surface area (Å²) in [5, 5.41) is 0. The summed E-state index contributed by atoms with van der Waals surface area (Å²) in [7, 11) is -4.85. The first-order chi connectivity index (χ1) is 16.1. The molecule has 10 heteroatoms. The van der Waals surface area contributed by atoms with Gasteiger partial charge in [0.15, 0.2) is 5.78 Å². The number of hydrogen-bond acceptors (Lipinski definition) is 4. The lowest BCUT2D eigenvalue weighted by Gasteiger charge is -2.35. The van der Waals surface area contributed by atoms with Gasteiger partial charge in [-0.2, -0.15) is 17.9 Å². The predicted molar refractivity (Wildman–Crippen MR) is 124 cm³/mol. The molecular formula is C25H25F3N2O4S. The molecule has 0 spiro atoms. The third kappa shape index (κ3) is 3.98. The van der Waals surface area contributed by atoms with Crippen molar-refractivity contribution in [2.75, 3.05) is 4.90 Å². The van der Waals surface area contributed by atoms with Crippen LogP contribution in [-0.4, -0.2) is 31.8 Å². The van der Waals surface area contributed by atoms with Gasteiger partial charge in [-0.3, -0.25) is 14.5 Å². The molecule has 6 nitrogen and oxygen atoms in total. The molecule has 0 fully saturated rings. The molecule has 0 radical (unpaired) electrons. The summed E-state index contributed by atoms with van der Waals surface area (Å²) in [5.41, 5.74) is -3.73. The molecule has 35 heavy (non-hydrogen) atoms. The lowest BCUT2D eigenvalue weighted by molar-refractivity contribution is -0.184. The Morgan fingerprint density at radius 1 is 0.943 bits per heavy atom. The van der Waals surface area contributed by atoms with E-state index in [1.165, 1.54) is 24.3 Å². The number of alkyl halides is 3. The molecule has 0 aromatic heterocycles. The van der Waals surface area contributed by atoms with Gasteiger partial charge in [-0.05, 0) is 61.1 Å². The quantitative estimate of drug-likeness (QED) is 0.659. The van der Waals surface area contributed by atoms with E-state index in [0.29, 0.717) is 0 Å². The molecule has 1 N–H and O–H groups in total. The third-order valence-corrected chi connectivity index (χ3v) is 8.00. The number of nitrogens with zero attached hydrogens (tertiary/aromatic N) is 1. The molecule has 1 unspecified atom stereocenters. The van der Waals surface area contributed by atoms with Crippen molar-refractivity contribution >= 4 is 27.4 Å². The number of rotatable bonds is 4. The molecule has 0 saturated carbocycles. The molecule has 2 aromatic rings. The van der Waals surface area contributed by atoms with Crippen LogP contribution in [0, 0.1) is 19.3 Å². The van der Waals surface area contributed by atoms with Crippen molar-refractivity contribution in [2.24, 2.45) is 5.41 Å². The van der Waals surface area contributed by atoms with Crippen LogP contribution in [0.1, 0.15) is 37.8 Å². The molecular weight excluding hydrogens is 481 g/mol. The Kier molecular flexibility index (Phi) is 5.76. The highest BCUT2D eigenvalue weighted by Gasteiger charge is 2.72. The lowest BCUT2D eigenvalue weighted by Crippen LogP contribution is -2.66. The maximum Gasteiger partial charge on any atom is 0.421 e. The maximum absolute atomic E-state index is 14.9. The molecule has 1 aliphatic carbocycles. The molecule has 0 bridgehead atoms. The number of nitrogens with one attached hydrogen (secondary N) is 1. The number of benzene rings is 2. The zero-order valence-corrected chi connectivity index (χ0v) is 20.5. The van der Waals surface area contributed by atoms with Crippen molar-refractivity contribution in [1.29, 1.82) is 0 Å². The summed E-state index contributed by atoms with van der Waals surface area (Å²) in [4.78, 5) is 27.4. The van der Waals surface area contributed by atoms with Gasteiger partial charge in [-0.15, -0.1) is 0 Å². The van der Waals surface area contributed by atoms with Gasteiger partial charge in [0.1, 0.15) is 0 Å². The van der Waals surface area contributed by atoms with Crippen LogP contribution < -0.4 is 9.62 Å². The van der Waals surface area contributed by atoms with Crippen LogP contribution in [0.3, 0.4) is 0 Å². The van der Waals surface area contributed by atoms with Crippen LogP contribution in [0.25, 0.3) is 0 Å². The van der Waals surface area contributed by atoms with E-state index in [0.717, 1.165) is 28.2 Å². The van der Waals surface area contributed by atoms with Crippen molar-refractivity contribution in [1.82, 2.24) is 4.72 Å². The Balaban J connectivity index is 2.01. The monoisotopic (exact) mass is 506 g/mol. The van der Waals surface area contributed by atoms with Crippen LogP contribution in [0.15, 0.2) is 64.7 Å². The highest BCUT2D eigenvalue weighted by atomic mass is 32.2. The molecule has 2 aliphatic rings. The Morgan fingerprint density at radius 2 is 1.57 bits per heavy atom. The minimum absolute atomic E-state index is 0.0162. The first-order valence-corrected chi connectivity index (χ1v) is 12.4. The lowest BCUT2D eigenvalue weighted by atomic mass is 9.72. The van der Waals surface area contributed by atoms with Gasteiger partial charge >= 0.3 is 6.18 Å². The summed E-state index contributed by atoms with van der Waals surface area (Å²) >= 11 is 0. The van der Waals surface area contributed by atoms with E-state index >= 15 is 0 Å². The average Bonchev–Trinajstić information content (AvgIpc) is 2.98. The summed E-state index contributed by atoms with van der Waals surface area (Å²) in [6.07, 6.45) is -5.71. The van der Waals surface area contributed by atoms with Crippen molar-refractivity contribution < 1.29 is 31.2 Å². The van der Waals surface area contributed by atoms with E-state index in [1.54, 1.807) is 37.6 Å². The maximum atomic E-state index is 14.9. The largest absolute Gasteiger partial charge is 0.421 e. The summed E-state index contributed by atoms with van der Waals surface area (Å²) in [5.74, 6) is -2.48. The Hall–Kier alpha value is -2.98. The summed E-state index contributed by atoms with van der Waals surface area (Å²) < 4.78 is 72.6. The highest BCUT2D eigenvalue weighted by molar-refractivity contribution is 7.89. The standard InChI is InChI=1S/C25H25F3N2O4S/c1-15-10-11-17(12-16(15)2)30-19-13-23(3,4)14-20(31)21(19)24(22(30)32,25(26,27)28)29-35(33,34)18-8-6-5-7-9-18/h5-12,29H,13-14H2,1-4H3. The van der Waals surface area contributed by atoms with Gasteiger partial charge in [0.2, 0.25) is 15.6 Å². The first kappa shape index (κ1) is 25.1. The van der Waals surface area contributed by atoms with Crippen LogP contribution >= 0.6 is 0 Å². The summed E-state index contributed by atoms with van der Waals surface area (Å²) in [6.45, 7) is 7.01. The first-order valence-electron chi connectivity index (χ1n) is 11.0. The second-order valence-corrected chi connectivity index (χ2v) is 11.5. The molecule has 186 valence electrons. The molecule has 1 amide bonds. The van der Waals surface area contributed by atoms with Crippen LogP contribution in [0.2, 0.25) is 0 Å². The van der Waals surface area contributed by atoms with Crippen LogP contribution in [-0.2, 0) is 19.6 Å². The molecule has 2 aromatic carbocycles. The van der Waals surface area contributed by atoms with E-state index in [1.807, 2.05) is 6.92 Å². The van der Waals surface area contributed by atoms with Gasteiger partial charge in [0, 0.05) is 17.8 Å². The Labute approximate surface area is 201 Å². The minimum atomic E-state index is -5.43. The number of aryl methyl sites for hydroxylation is 2. The number of ketones is 1. The SMILES string of the molecule is Cc1ccc(N2C(=O)C(NS(=O)(=O)c3ccccc3)(C(F)(F)F)C3=C2CC(C)(C)CC3=O)cc1C. The van der Waals surface area contributed by atoms with Crippen molar-refractivity contribution in [3.63, 3.8) is 0 Å². The Bertz CT molecular complexity index is 1360. The topological polar surface area (TPSA) is 83.6 Å². The zero-order chi connectivity index (χ0) is 26.0. The average molecular weight is 507 g/mol. The van der Waals surface area contributed by atoms with Crippen LogP contribution in [0.4, 0.5) is 18.9 Å². The number of halogens is 3. The highest BCUT2D eigenvalue weighted by Crippen LogP contribution is 2.53. The van der Waals surface area contributed by atoms with Gasteiger partial charge in [0.25, 0.3) is 5.91 Å². The van der Waals surface area contributed by atoms with E-state index in [-0.39, 0.29) is 24.2 Å². The fraction of sp³-hybridized carbons (Fsp3) is 0.360. The van der Waals surface area contributed by atoms with Crippen molar-refractivity contribution in [3.8, 4) is 0 Å².